The summed E-state index contributed by atoms with van der Waals surface area (Å²) in [6.45, 7) is 0. The minimum atomic E-state index is 0.599. The van der Waals surface area contributed by atoms with Gasteiger partial charge in [0.1, 0.15) is 5.52 Å². The summed E-state index contributed by atoms with van der Waals surface area (Å²) < 4.78 is 6.84. The number of benzene rings is 6. The van der Waals surface area contributed by atoms with E-state index in [-0.39, 0.29) is 0 Å². The minimum absolute atomic E-state index is 0.599. The molecule has 0 aliphatic heterocycles. The molecule has 7 nitrogen and oxygen atoms in total. The smallest absolute Gasteiger partial charge is 0.221 e. The normalized spacial score (nSPS) is 11.7. The van der Waals surface area contributed by atoms with Crippen LogP contribution < -0.4 is 0 Å². The van der Waals surface area contributed by atoms with Crippen LogP contribution in [0, 0.1) is 0 Å². The molecule has 230 valence electrons. The SMILES string of the molecule is c1ccc(-c2nc(-c3ccccc3)nc(-c3ccccc3-n3c4ccccc4c4nc5n(-c6ccccc6)c6ccccc6n5c43)n2)cc1. The number of para-hydroxylation sites is 5. The Hall–Kier alpha value is -6.86. The summed E-state index contributed by atoms with van der Waals surface area (Å²) in [5.41, 5.74) is 9.89. The lowest BCUT2D eigenvalue weighted by molar-refractivity contribution is 1.05. The summed E-state index contributed by atoms with van der Waals surface area (Å²) in [7, 11) is 0. The topological polar surface area (TPSA) is 65.8 Å². The van der Waals surface area contributed by atoms with Crippen LogP contribution in [0.2, 0.25) is 0 Å². The van der Waals surface area contributed by atoms with Gasteiger partial charge in [-0.1, -0.05) is 121 Å². The molecule has 0 amide bonds. The van der Waals surface area contributed by atoms with Crippen LogP contribution in [0.15, 0.2) is 164 Å². The van der Waals surface area contributed by atoms with Gasteiger partial charge in [0.25, 0.3) is 0 Å². The molecule has 7 heteroatoms. The highest BCUT2D eigenvalue weighted by Crippen LogP contribution is 2.39. The van der Waals surface area contributed by atoms with Crippen LogP contribution in [-0.4, -0.2) is 33.5 Å². The molecule has 0 aliphatic rings. The zero-order valence-electron chi connectivity index (χ0n) is 26.2. The van der Waals surface area contributed by atoms with Gasteiger partial charge in [-0.05, 0) is 42.5 Å². The fraction of sp³-hybridized carbons (Fsp3) is 0. The van der Waals surface area contributed by atoms with E-state index in [0.29, 0.717) is 17.5 Å². The molecular formula is C42H27N7. The van der Waals surface area contributed by atoms with E-state index in [4.69, 9.17) is 19.9 Å². The minimum Gasteiger partial charge on any atom is -0.293 e. The molecular weight excluding hydrogens is 603 g/mol. The molecule has 10 rings (SSSR count). The molecule has 0 aliphatic carbocycles. The van der Waals surface area contributed by atoms with Crippen molar-refractivity contribution in [2.24, 2.45) is 0 Å². The Bertz CT molecular complexity index is 2760. The van der Waals surface area contributed by atoms with Crippen molar-refractivity contribution in [3.05, 3.63) is 164 Å². The van der Waals surface area contributed by atoms with E-state index in [2.05, 4.69) is 105 Å². The van der Waals surface area contributed by atoms with E-state index in [1.165, 1.54) is 0 Å². The number of aromatic nitrogens is 7. The second-order valence-electron chi connectivity index (χ2n) is 12.0. The Labute approximate surface area is 281 Å². The molecule has 4 aromatic heterocycles. The number of hydrogen-bond acceptors (Lipinski definition) is 4. The fourth-order valence-electron chi connectivity index (χ4n) is 6.95. The molecule has 0 saturated heterocycles. The average molecular weight is 630 g/mol. The summed E-state index contributed by atoms with van der Waals surface area (Å²) in [6, 6.07) is 55.9. The van der Waals surface area contributed by atoms with Gasteiger partial charge >= 0.3 is 0 Å². The summed E-state index contributed by atoms with van der Waals surface area (Å²) in [5, 5.41) is 1.07. The molecule has 0 spiro atoms. The number of hydrogen-bond donors (Lipinski definition) is 0. The number of nitrogens with zero attached hydrogens (tertiary/aromatic N) is 7. The van der Waals surface area contributed by atoms with Crippen molar-refractivity contribution in [2.45, 2.75) is 0 Å². The summed E-state index contributed by atoms with van der Waals surface area (Å²) in [5.74, 6) is 2.70. The van der Waals surface area contributed by atoms with Gasteiger partial charge in [-0.3, -0.25) is 13.5 Å². The second-order valence-corrected chi connectivity index (χ2v) is 12.0. The standard InChI is InChI=1S/C42H27N7/c1-4-16-28(17-5-1)38-44-39(29-18-6-2-7-19-29)46-40(45-38)32-23-11-13-25-34(32)48-33-24-12-10-22-31(33)37-41(48)49-36-27-15-14-26-35(36)47(42(49)43-37)30-20-8-3-9-21-30/h1-27H. The Balaban J connectivity index is 1.30. The monoisotopic (exact) mass is 629 g/mol. The molecule has 0 bridgehead atoms. The molecule has 0 atom stereocenters. The van der Waals surface area contributed by atoms with Gasteiger partial charge in [-0.25, -0.2) is 19.9 Å². The van der Waals surface area contributed by atoms with Crippen LogP contribution in [0.5, 0.6) is 0 Å². The fourth-order valence-corrected chi connectivity index (χ4v) is 6.95. The number of rotatable bonds is 5. The van der Waals surface area contributed by atoms with Gasteiger partial charge in [-0.15, -0.1) is 0 Å². The van der Waals surface area contributed by atoms with Gasteiger partial charge in [0.2, 0.25) is 5.78 Å². The first-order valence-corrected chi connectivity index (χ1v) is 16.3. The van der Waals surface area contributed by atoms with E-state index in [1.54, 1.807) is 0 Å². The van der Waals surface area contributed by atoms with E-state index < -0.39 is 0 Å². The highest BCUT2D eigenvalue weighted by Gasteiger charge is 2.25. The summed E-state index contributed by atoms with van der Waals surface area (Å²) >= 11 is 0. The third-order valence-corrected chi connectivity index (χ3v) is 9.11. The maximum Gasteiger partial charge on any atom is 0.221 e. The van der Waals surface area contributed by atoms with E-state index in [0.717, 1.165) is 66.9 Å². The largest absolute Gasteiger partial charge is 0.293 e. The van der Waals surface area contributed by atoms with Crippen LogP contribution in [0.1, 0.15) is 0 Å². The first-order valence-electron chi connectivity index (χ1n) is 16.3. The molecule has 49 heavy (non-hydrogen) atoms. The lowest BCUT2D eigenvalue weighted by Gasteiger charge is -2.14. The van der Waals surface area contributed by atoms with E-state index in [9.17, 15) is 0 Å². The predicted molar refractivity (Wildman–Crippen MR) is 196 cm³/mol. The maximum atomic E-state index is 5.38. The lowest BCUT2D eigenvalue weighted by atomic mass is 10.1. The van der Waals surface area contributed by atoms with E-state index >= 15 is 0 Å². The zero-order chi connectivity index (χ0) is 32.3. The van der Waals surface area contributed by atoms with Crippen LogP contribution in [0.25, 0.3) is 84.4 Å². The first-order chi connectivity index (χ1) is 24.3. The number of imidazole rings is 2. The van der Waals surface area contributed by atoms with Crippen molar-refractivity contribution < 1.29 is 0 Å². The summed E-state index contributed by atoms with van der Waals surface area (Å²) in [4.78, 5) is 20.5. The molecule has 0 saturated carbocycles. The maximum absolute atomic E-state index is 5.38. The molecule has 0 fully saturated rings. The van der Waals surface area contributed by atoms with Crippen molar-refractivity contribution in [1.29, 1.82) is 0 Å². The Kier molecular flexibility index (Phi) is 6.04. The van der Waals surface area contributed by atoms with Gasteiger partial charge in [0, 0.05) is 27.8 Å². The van der Waals surface area contributed by atoms with Crippen LogP contribution in [0.4, 0.5) is 0 Å². The van der Waals surface area contributed by atoms with Gasteiger partial charge < -0.3 is 0 Å². The average Bonchev–Trinajstić information content (AvgIpc) is 3.81. The van der Waals surface area contributed by atoms with E-state index in [1.807, 2.05) is 72.8 Å². The molecule has 10 aromatic rings. The quantitative estimate of drug-likeness (QED) is 0.190. The van der Waals surface area contributed by atoms with Crippen molar-refractivity contribution in [2.75, 3.05) is 0 Å². The third-order valence-electron chi connectivity index (χ3n) is 9.11. The second kappa shape index (κ2) is 10.9. The van der Waals surface area contributed by atoms with Crippen LogP contribution in [0.3, 0.4) is 0 Å². The summed E-state index contributed by atoms with van der Waals surface area (Å²) in [6.07, 6.45) is 0. The Morgan fingerprint density at radius 1 is 0.388 bits per heavy atom. The highest BCUT2D eigenvalue weighted by atomic mass is 15.3. The van der Waals surface area contributed by atoms with Crippen LogP contribution >= 0.6 is 0 Å². The third kappa shape index (κ3) is 4.22. The Morgan fingerprint density at radius 3 is 1.61 bits per heavy atom. The highest BCUT2D eigenvalue weighted by molar-refractivity contribution is 6.09. The molecule has 6 aromatic carbocycles. The van der Waals surface area contributed by atoms with Crippen molar-refractivity contribution >= 4 is 38.9 Å². The van der Waals surface area contributed by atoms with Crippen molar-refractivity contribution in [3.8, 4) is 45.5 Å². The van der Waals surface area contributed by atoms with Crippen LogP contribution in [-0.2, 0) is 0 Å². The van der Waals surface area contributed by atoms with Gasteiger partial charge in [-0.2, -0.15) is 0 Å². The molecule has 0 unspecified atom stereocenters. The molecule has 0 N–H and O–H groups in total. The van der Waals surface area contributed by atoms with Crippen molar-refractivity contribution in [3.63, 3.8) is 0 Å². The zero-order valence-corrected chi connectivity index (χ0v) is 26.2. The first kappa shape index (κ1) is 27.3. The van der Waals surface area contributed by atoms with Crippen molar-refractivity contribution in [1.82, 2.24) is 33.5 Å². The molecule has 4 heterocycles. The van der Waals surface area contributed by atoms with Gasteiger partial charge in [0.05, 0.1) is 22.2 Å². The molecule has 0 radical (unpaired) electrons. The lowest BCUT2D eigenvalue weighted by Crippen LogP contribution is -2.04. The number of fused-ring (bicyclic) bond motifs is 7. The van der Waals surface area contributed by atoms with Gasteiger partial charge in [0.15, 0.2) is 23.1 Å². The Morgan fingerprint density at radius 2 is 0.918 bits per heavy atom. The predicted octanol–water partition coefficient (Wildman–Crippen LogP) is 9.56.